The average molecular weight is 614 g/mol. The van der Waals surface area contributed by atoms with Crippen LogP contribution >= 0.6 is 11.6 Å². The van der Waals surface area contributed by atoms with E-state index in [0.29, 0.717) is 23.1 Å². The predicted molar refractivity (Wildman–Crippen MR) is 169 cm³/mol. The second kappa shape index (κ2) is 13.4. The van der Waals surface area contributed by atoms with Gasteiger partial charge in [-0.15, -0.1) is 0 Å². The Morgan fingerprint density at radius 3 is 2.23 bits per heavy atom. The monoisotopic (exact) mass is 613 g/mol. The van der Waals surface area contributed by atoms with Crippen LogP contribution in [0.25, 0.3) is 10.8 Å². The second-order valence-electron chi connectivity index (χ2n) is 9.50. The minimum Gasteiger partial charge on any atom is -0.497 e. The van der Waals surface area contributed by atoms with E-state index in [2.05, 4.69) is 34.8 Å². The van der Waals surface area contributed by atoms with Gasteiger partial charge in [-0.05, 0) is 101 Å². The molecule has 1 N–H and O–H groups in total. The maximum absolute atomic E-state index is 13.5. The Labute approximate surface area is 255 Å². The molecular weight excluding hydrogens is 586 g/mol. The Hall–Kier alpha value is -4.86. The molecule has 0 saturated heterocycles. The zero-order valence-corrected chi connectivity index (χ0v) is 24.8. The molecule has 0 heterocycles. The van der Waals surface area contributed by atoms with E-state index in [0.717, 1.165) is 20.8 Å². The van der Waals surface area contributed by atoms with Crippen molar-refractivity contribution in [3.8, 4) is 11.5 Å². The molecule has 0 aliphatic heterocycles. The summed E-state index contributed by atoms with van der Waals surface area (Å²) in [5, 5.41) is 6.78. The quantitative estimate of drug-likeness (QED) is 0.137. The number of nitrogens with zero attached hydrogens (tertiary/aromatic N) is 2. The Balaban J connectivity index is 1.21. The van der Waals surface area contributed by atoms with Crippen molar-refractivity contribution < 1.29 is 22.7 Å². The van der Waals surface area contributed by atoms with Gasteiger partial charge >= 0.3 is 0 Å². The Morgan fingerprint density at radius 2 is 1.53 bits per heavy atom. The number of carbonyl (C=O) groups excluding carboxylic acids is 1. The highest BCUT2D eigenvalue weighted by atomic mass is 35.5. The van der Waals surface area contributed by atoms with Crippen LogP contribution < -0.4 is 19.2 Å². The number of rotatable bonds is 11. The summed E-state index contributed by atoms with van der Waals surface area (Å²) in [5.41, 5.74) is 4.47. The smallest absolute Gasteiger partial charge is 0.264 e. The van der Waals surface area contributed by atoms with E-state index in [9.17, 15) is 13.2 Å². The average Bonchev–Trinajstić information content (AvgIpc) is 3.03. The predicted octanol–water partition coefficient (Wildman–Crippen LogP) is 6.43. The van der Waals surface area contributed by atoms with E-state index in [-0.39, 0.29) is 10.6 Å². The number of halogens is 1. The molecule has 5 aromatic rings. The molecule has 8 nitrogen and oxygen atoms in total. The zero-order valence-electron chi connectivity index (χ0n) is 23.2. The van der Waals surface area contributed by atoms with Crippen LogP contribution in [0.1, 0.15) is 11.1 Å². The van der Waals surface area contributed by atoms with E-state index in [1.165, 1.54) is 55.1 Å². The third-order valence-corrected chi connectivity index (χ3v) is 8.59. The van der Waals surface area contributed by atoms with Crippen molar-refractivity contribution >= 4 is 50.2 Å². The normalized spacial score (nSPS) is 11.4. The van der Waals surface area contributed by atoms with Gasteiger partial charge in [0.25, 0.3) is 15.9 Å². The fourth-order valence-electron chi connectivity index (χ4n) is 4.29. The number of anilines is 1. The van der Waals surface area contributed by atoms with Crippen molar-refractivity contribution in [1.82, 2.24) is 5.43 Å². The highest BCUT2D eigenvalue weighted by Crippen LogP contribution is 2.26. The minimum atomic E-state index is -4.10. The van der Waals surface area contributed by atoms with Gasteiger partial charge in [-0.3, -0.25) is 9.10 Å². The van der Waals surface area contributed by atoms with Gasteiger partial charge in [0, 0.05) is 5.02 Å². The van der Waals surface area contributed by atoms with Crippen molar-refractivity contribution in [2.45, 2.75) is 11.5 Å². The molecule has 0 aliphatic rings. The maximum Gasteiger partial charge on any atom is 0.264 e. The van der Waals surface area contributed by atoms with E-state index < -0.39 is 22.5 Å². The van der Waals surface area contributed by atoms with Crippen LogP contribution in [0.2, 0.25) is 5.02 Å². The first kappa shape index (κ1) is 29.6. The Morgan fingerprint density at radius 1 is 0.860 bits per heavy atom. The van der Waals surface area contributed by atoms with E-state index in [4.69, 9.17) is 21.1 Å². The summed E-state index contributed by atoms with van der Waals surface area (Å²) < 4.78 is 39.1. The first-order chi connectivity index (χ1) is 20.8. The molecule has 0 unspecified atom stereocenters. The molecule has 0 saturated carbocycles. The summed E-state index contributed by atoms with van der Waals surface area (Å²) in [6.07, 6.45) is 1.47. The fraction of sp³-hybridized carbons (Fsp3) is 0.0909. The topological polar surface area (TPSA) is 97.3 Å². The lowest BCUT2D eigenvalue weighted by Crippen LogP contribution is -2.39. The van der Waals surface area contributed by atoms with Crippen LogP contribution in [0.3, 0.4) is 0 Å². The van der Waals surface area contributed by atoms with Gasteiger partial charge in [0.1, 0.15) is 24.7 Å². The molecule has 10 heteroatoms. The number of benzene rings is 5. The number of fused-ring (bicyclic) bond motifs is 1. The molecule has 218 valence electrons. The highest BCUT2D eigenvalue weighted by molar-refractivity contribution is 7.92. The van der Waals surface area contributed by atoms with E-state index >= 15 is 0 Å². The Bertz CT molecular complexity index is 1840. The van der Waals surface area contributed by atoms with Gasteiger partial charge < -0.3 is 9.47 Å². The summed E-state index contributed by atoms with van der Waals surface area (Å²) >= 11 is 6.00. The number of methoxy groups -OCH3 is 1. The van der Waals surface area contributed by atoms with Crippen LogP contribution in [0.4, 0.5) is 5.69 Å². The van der Waals surface area contributed by atoms with E-state index in [1.54, 1.807) is 24.3 Å². The molecule has 1 amide bonds. The number of ether oxygens (including phenoxy) is 2. The molecule has 0 radical (unpaired) electrons. The third-order valence-electron chi connectivity index (χ3n) is 6.55. The van der Waals surface area contributed by atoms with Crippen molar-refractivity contribution in [1.29, 1.82) is 0 Å². The molecule has 43 heavy (non-hydrogen) atoms. The standard InChI is InChI=1S/C33H28ClN3O5S/c1-41-30-16-18-32(19-17-30)43(39,40)37(29-12-10-28(34)11-13-29)22-33(38)36-35-21-24-7-14-31(15-8-24)42-23-25-6-9-26-4-2-3-5-27(26)20-25/h2-21H,22-23H2,1H3,(H,36,38)/b35-21-. The van der Waals surface area contributed by atoms with Gasteiger partial charge in [0.15, 0.2) is 0 Å². The lowest BCUT2D eigenvalue weighted by atomic mass is 10.1. The second-order valence-corrected chi connectivity index (χ2v) is 11.8. The van der Waals surface area contributed by atoms with Crippen LogP contribution in [0.5, 0.6) is 11.5 Å². The van der Waals surface area contributed by atoms with Crippen molar-refractivity contribution in [2.75, 3.05) is 18.0 Å². The van der Waals surface area contributed by atoms with Crippen LogP contribution in [-0.4, -0.2) is 34.2 Å². The number of sulfonamides is 1. The highest BCUT2D eigenvalue weighted by Gasteiger charge is 2.27. The molecule has 0 aromatic heterocycles. The number of nitrogens with one attached hydrogen (secondary N) is 1. The summed E-state index contributed by atoms with van der Waals surface area (Å²) in [7, 11) is -2.61. The van der Waals surface area contributed by atoms with Gasteiger partial charge in [-0.25, -0.2) is 13.8 Å². The third kappa shape index (κ3) is 7.51. The summed E-state index contributed by atoms with van der Waals surface area (Å²) in [5.74, 6) is 0.573. The fourth-order valence-corrected chi connectivity index (χ4v) is 5.83. The van der Waals surface area contributed by atoms with Crippen molar-refractivity contribution in [2.24, 2.45) is 5.10 Å². The first-order valence-electron chi connectivity index (χ1n) is 13.3. The molecular formula is C33H28ClN3O5S. The molecule has 5 aromatic carbocycles. The van der Waals surface area contributed by atoms with Gasteiger partial charge in [-0.2, -0.15) is 5.10 Å². The number of hydrogen-bond donors (Lipinski definition) is 1. The summed E-state index contributed by atoms with van der Waals surface area (Å²) in [4.78, 5) is 12.8. The van der Waals surface area contributed by atoms with Crippen LogP contribution in [-0.2, 0) is 21.4 Å². The van der Waals surface area contributed by atoms with Crippen LogP contribution in [0.15, 0.2) is 125 Å². The number of hydrogen-bond acceptors (Lipinski definition) is 6. The summed E-state index contributed by atoms with van der Waals surface area (Å²) in [6.45, 7) is -0.0766. The number of carbonyl (C=O) groups is 1. The van der Waals surface area contributed by atoms with Crippen molar-refractivity contribution in [3.05, 3.63) is 131 Å². The van der Waals surface area contributed by atoms with E-state index in [1.807, 2.05) is 30.3 Å². The minimum absolute atomic E-state index is 0.00229. The Kier molecular flexibility index (Phi) is 9.24. The van der Waals surface area contributed by atoms with Gasteiger partial charge in [-0.1, -0.05) is 48.0 Å². The molecule has 5 rings (SSSR count). The van der Waals surface area contributed by atoms with Gasteiger partial charge in [0.2, 0.25) is 0 Å². The zero-order chi connectivity index (χ0) is 30.2. The van der Waals surface area contributed by atoms with Crippen LogP contribution in [0, 0.1) is 0 Å². The van der Waals surface area contributed by atoms with Crippen molar-refractivity contribution in [3.63, 3.8) is 0 Å². The largest absolute Gasteiger partial charge is 0.497 e. The molecule has 0 fully saturated rings. The molecule has 0 bridgehead atoms. The van der Waals surface area contributed by atoms with Gasteiger partial charge in [0.05, 0.1) is 23.9 Å². The summed E-state index contributed by atoms with van der Waals surface area (Å²) in [6, 6.07) is 33.7. The SMILES string of the molecule is COc1ccc(S(=O)(=O)N(CC(=O)N/N=C\c2ccc(OCc3ccc4ccccc4c3)cc2)c2ccc(Cl)cc2)cc1. The maximum atomic E-state index is 13.5. The lowest BCUT2D eigenvalue weighted by Gasteiger charge is -2.23. The number of hydrazone groups is 1. The lowest BCUT2D eigenvalue weighted by molar-refractivity contribution is -0.119. The first-order valence-corrected chi connectivity index (χ1v) is 15.1. The molecule has 0 aliphatic carbocycles. The number of amides is 1. The molecule has 0 atom stereocenters. The molecule has 0 spiro atoms.